The molecule has 0 saturated carbocycles. The van der Waals surface area contributed by atoms with Gasteiger partial charge in [0, 0.05) is 25.3 Å². The van der Waals surface area contributed by atoms with Crippen molar-refractivity contribution in [3.8, 4) is 0 Å². The lowest BCUT2D eigenvalue weighted by molar-refractivity contribution is 0.0963. The van der Waals surface area contributed by atoms with Gasteiger partial charge in [-0.3, -0.25) is 4.79 Å². The van der Waals surface area contributed by atoms with Crippen LogP contribution in [0.2, 0.25) is 0 Å². The van der Waals surface area contributed by atoms with Gasteiger partial charge in [-0.1, -0.05) is 13.8 Å². The van der Waals surface area contributed by atoms with Crippen LogP contribution in [0.15, 0.2) is 18.2 Å². The minimum absolute atomic E-state index is 0.116. The zero-order chi connectivity index (χ0) is 14.4. The monoisotopic (exact) mass is 265 g/mol. The summed E-state index contributed by atoms with van der Waals surface area (Å²) < 4.78 is 0. The van der Waals surface area contributed by atoms with E-state index in [1.807, 2.05) is 0 Å². The van der Waals surface area contributed by atoms with Gasteiger partial charge in [-0.2, -0.15) is 0 Å². The molecule has 0 aliphatic carbocycles. The zero-order valence-electron chi connectivity index (χ0n) is 11.7. The van der Waals surface area contributed by atoms with Crippen LogP contribution in [-0.2, 0) is 0 Å². The number of rotatable bonds is 6. The first-order valence-electron chi connectivity index (χ1n) is 6.48. The minimum Gasteiger partial charge on any atom is -0.397 e. The lowest BCUT2D eigenvalue weighted by Crippen LogP contribution is -2.27. The number of anilines is 2. The number of aliphatic hydroxyl groups is 1. The first kappa shape index (κ1) is 15.3. The Morgan fingerprint density at radius 1 is 1.42 bits per heavy atom. The van der Waals surface area contributed by atoms with Crippen LogP contribution in [0.3, 0.4) is 0 Å². The van der Waals surface area contributed by atoms with E-state index < -0.39 is 0 Å². The van der Waals surface area contributed by atoms with E-state index in [-0.39, 0.29) is 18.6 Å². The maximum absolute atomic E-state index is 11.6. The fourth-order valence-corrected chi connectivity index (χ4v) is 1.88. The summed E-state index contributed by atoms with van der Waals surface area (Å²) in [6.45, 7) is 4.27. The quantitative estimate of drug-likeness (QED) is 0.586. The highest BCUT2D eigenvalue weighted by molar-refractivity contribution is 5.96. The summed E-state index contributed by atoms with van der Waals surface area (Å²) in [4.78, 5) is 11.6. The molecular formula is C14H23N3O2. The smallest absolute Gasteiger partial charge is 0.251 e. The molecule has 1 aromatic carbocycles. The summed E-state index contributed by atoms with van der Waals surface area (Å²) in [7, 11) is 1.59. The van der Waals surface area contributed by atoms with Crippen molar-refractivity contribution >= 4 is 17.3 Å². The van der Waals surface area contributed by atoms with Crippen molar-refractivity contribution in [3.63, 3.8) is 0 Å². The Morgan fingerprint density at radius 3 is 2.63 bits per heavy atom. The first-order chi connectivity index (χ1) is 8.99. The Morgan fingerprint density at radius 2 is 2.11 bits per heavy atom. The largest absolute Gasteiger partial charge is 0.397 e. The van der Waals surface area contributed by atoms with E-state index in [0.29, 0.717) is 23.6 Å². The van der Waals surface area contributed by atoms with Gasteiger partial charge in [0.05, 0.1) is 11.4 Å². The Balaban J connectivity index is 2.95. The highest BCUT2D eigenvalue weighted by Gasteiger charge is 2.15. The molecule has 0 aromatic heterocycles. The molecule has 5 nitrogen and oxygen atoms in total. The highest BCUT2D eigenvalue weighted by Crippen LogP contribution is 2.23. The number of nitrogen functional groups attached to an aromatic ring is 1. The Hall–Kier alpha value is -1.75. The zero-order valence-corrected chi connectivity index (χ0v) is 11.7. The number of nitrogens with two attached hydrogens (primary N) is 1. The normalized spacial score (nSPS) is 12.3. The number of aliphatic hydroxyl groups excluding tert-OH is 1. The van der Waals surface area contributed by atoms with Gasteiger partial charge in [0.2, 0.25) is 0 Å². The van der Waals surface area contributed by atoms with Crippen molar-refractivity contribution in [2.45, 2.75) is 26.3 Å². The number of carbonyl (C=O) groups excluding carboxylic acids is 1. The van der Waals surface area contributed by atoms with Crippen molar-refractivity contribution in [1.82, 2.24) is 5.32 Å². The molecule has 0 radical (unpaired) electrons. The molecule has 0 heterocycles. The van der Waals surface area contributed by atoms with Crippen LogP contribution < -0.4 is 16.4 Å². The molecule has 1 amide bonds. The molecule has 0 saturated heterocycles. The van der Waals surface area contributed by atoms with Gasteiger partial charge in [-0.25, -0.2) is 0 Å². The standard InChI is InChI=1S/C14H23N3O2/c1-9(2)12(6-7-18)17-13-8-10(14(19)16-3)4-5-11(13)15/h4-5,8-9,12,17-18H,6-7,15H2,1-3H3,(H,16,19). The predicted octanol–water partition coefficient (Wildman–Crippen LogP) is 1.45. The van der Waals surface area contributed by atoms with E-state index in [2.05, 4.69) is 24.5 Å². The molecular weight excluding hydrogens is 242 g/mol. The van der Waals surface area contributed by atoms with Crippen molar-refractivity contribution in [3.05, 3.63) is 23.8 Å². The molecule has 1 rings (SSSR count). The van der Waals surface area contributed by atoms with Crippen molar-refractivity contribution in [2.75, 3.05) is 24.7 Å². The molecule has 0 bridgehead atoms. The second kappa shape index (κ2) is 6.99. The molecule has 19 heavy (non-hydrogen) atoms. The van der Waals surface area contributed by atoms with E-state index in [1.165, 1.54) is 0 Å². The number of hydrogen-bond acceptors (Lipinski definition) is 4. The number of hydrogen-bond donors (Lipinski definition) is 4. The summed E-state index contributed by atoms with van der Waals surface area (Å²) >= 11 is 0. The molecule has 1 atom stereocenters. The fourth-order valence-electron chi connectivity index (χ4n) is 1.88. The summed E-state index contributed by atoms with van der Waals surface area (Å²) in [5.74, 6) is 0.210. The molecule has 106 valence electrons. The molecule has 0 aliphatic heterocycles. The third-order valence-electron chi connectivity index (χ3n) is 3.13. The van der Waals surface area contributed by atoms with Crippen molar-refractivity contribution in [2.24, 2.45) is 5.92 Å². The molecule has 0 fully saturated rings. The van der Waals surface area contributed by atoms with Gasteiger partial charge in [0.1, 0.15) is 0 Å². The predicted molar refractivity (Wildman–Crippen MR) is 78.2 cm³/mol. The van der Waals surface area contributed by atoms with Crippen LogP contribution in [0, 0.1) is 5.92 Å². The van der Waals surface area contributed by atoms with E-state index in [9.17, 15) is 4.79 Å². The summed E-state index contributed by atoms with van der Waals surface area (Å²) in [5, 5.41) is 15.0. The SMILES string of the molecule is CNC(=O)c1ccc(N)c(NC(CCO)C(C)C)c1. The van der Waals surface area contributed by atoms with E-state index >= 15 is 0 Å². The topological polar surface area (TPSA) is 87.4 Å². The van der Waals surface area contributed by atoms with Crippen LogP contribution in [0.4, 0.5) is 11.4 Å². The Kier molecular flexibility index (Phi) is 5.63. The summed E-state index contributed by atoms with van der Waals surface area (Å²) in [5.41, 5.74) is 7.80. The van der Waals surface area contributed by atoms with E-state index in [0.717, 1.165) is 5.69 Å². The maximum Gasteiger partial charge on any atom is 0.251 e. The third-order valence-corrected chi connectivity index (χ3v) is 3.13. The highest BCUT2D eigenvalue weighted by atomic mass is 16.3. The second-order valence-electron chi connectivity index (χ2n) is 4.89. The molecule has 1 unspecified atom stereocenters. The third kappa shape index (κ3) is 4.13. The molecule has 0 aliphatic rings. The van der Waals surface area contributed by atoms with Gasteiger partial charge < -0.3 is 21.5 Å². The molecule has 0 spiro atoms. The maximum atomic E-state index is 11.6. The lowest BCUT2D eigenvalue weighted by Gasteiger charge is -2.24. The van der Waals surface area contributed by atoms with Gasteiger partial charge >= 0.3 is 0 Å². The van der Waals surface area contributed by atoms with E-state index in [4.69, 9.17) is 10.8 Å². The van der Waals surface area contributed by atoms with Crippen LogP contribution >= 0.6 is 0 Å². The van der Waals surface area contributed by atoms with Gasteiger partial charge in [0.25, 0.3) is 5.91 Å². The number of carbonyl (C=O) groups is 1. The van der Waals surface area contributed by atoms with Gasteiger partial charge in [0.15, 0.2) is 0 Å². The number of benzene rings is 1. The second-order valence-corrected chi connectivity index (χ2v) is 4.89. The van der Waals surface area contributed by atoms with Gasteiger partial charge in [-0.05, 0) is 30.5 Å². The molecule has 1 aromatic rings. The van der Waals surface area contributed by atoms with Crippen LogP contribution in [0.25, 0.3) is 0 Å². The average molecular weight is 265 g/mol. The van der Waals surface area contributed by atoms with Crippen LogP contribution in [0.1, 0.15) is 30.6 Å². The lowest BCUT2D eigenvalue weighted by atomic mass is 10.0. The first-order valence-corrected chi connectivity index (χ1v) is 6.48. The average Bonchev–Trinajstić information content (AvgIpc) is 2.39. The van der Waals surface area contributed by atoms with Gasteiger partial charge in [-0.15, -0.1) is 0 Å². The van der Waals surface area contributed by atoms with Crippen LogP contribution in [-0.4, -0.2) is 30.7 Å². The number of nitrogens with one attached hydrogen (secondary N) is 2. The Bertz CT molecular complexity index is 433. The molecule has 5 heteroatoms. The van der Waals surface area contributed by atoms with Crippen LogP contribution in [0.5, 0.6) is 0 Å². The van der Waals surface area contributed by atoms with Crippen molar-refractivity contribution < 1.29 is 9.90 Å². The summed E-state index contributed by atoms with van der Waals surface area (Å²) in [6.07, 6.45) is 0.640. The molecule has 5 N–H and O–H groups in total. The fraction of sp³-hybridized carbons (Fsp3) is 0.500. The Labute approximate surface area is 114 Å². The summed E-state index contributed by atoms with van der Waals surface area (Å²) in [6, 6.07) is 5.26. The minimum atomic E-state index is -0.147. The van der Waals surface area contributed by atoms with Crippen molar-refractivity contribution in [1.29, 1.82) is 0 Å². The van der Waals surface area contributed by atoms with E-state index in [1.54, 1.807) is 25.2 Å². The number of amides is 1.